The lowest BCUT2D eigenvalue weighted by atomic mass is 9.86. The summed E-state index contributed by atoms with van der Waals surface area (Å²) >= 11 is 5.63. The van der Waals surface area contributed by atoms with Crippen LogP contribution in [0.25, 0.3) is 0 Å². The Morgan fingerprint density at radius 3 is 2.62 bits per heavy atom. The second-order valence-corrected chi connectivity index (χ2v) is 8.96. The van der Waals surface area contributed by atoms with Gasteiger partial charge in [0.05, 0.1) is 5.02 Å². The van der Waals surface area contributed by atoms with E-state index in [0.29, 0.717) is 30.8 Å². The summed E-state index contributed by atoms with van der Waals surface area (Å²) in [7, 11) is 0. The molecule has 1 fully saturated rings. The number of aliphatic hydroxyl groups excluding tert-OH is 1. The fourth-order valence-corrected chi connectivity index (χ4v) is 3.35. The lowest BCUT2D eigenvalue weighted by Crippen LogP contribution is -2.41. The number of carbonyl (C=O) groups excluding carboxylic acids is 1. The summed E-state index contributed by atoms with van der Waals surface area (Å²) in [5, 5.41) is 16.3. The smallest absolute Gasteiger partial charge is 0.407 e. The van der Waals surface area contributed by atoms with Crippen LogP contribution >= 0.6 is 11.6 Å². The third kappa shape index (κ3) is 9.19. The van der Waals surface area contributed by atoms with Gasteiger partial charge >= 0.3 is 6.09 Å². The Kier molecular flexibility index (Phi) is 8.99. The molecule has 1 aliphatic rings. The van der Waals surface area contributed by atoms with Gasteiger partial charge in [0, 0.05) is 25.2 Å². The first-order chi connectivity index (χ1) is 13.6. The molecular weight excluding hydrogens is 399 g/mol. The van der Waals surface area contributed by atoms with Crippen molar-refractivity contribution >= 4 is 17.7 Å². The van der Waals surface area contributed by atoms with Crippen LogP contribution in [0.2, 0.25) is 5.02 Å². The van der Waals surface area contributed by atoms with Gasteiger partial charge in [-0.05, 0) is 64.5 Å². The summed E-state index contributed by atoms with van der Waals surface area (Å²) < 4.78 is 24.0. The van der Waals surface area contributed by atoms with Gasteiger partial charge in [0.2, 0.25) is 0 Å². The molecule has 0 saturated heterocycles. The normalized spacial score (nSPS) is 20.8. The average Bonchev–Trinajstić information content (AvgIpc) is 2.65. The molecule has 0 spiro atoms. The number of alkyl carbamates (subject to hydrolysis) is 1. The molecule has 6 nitrogen and oxygen atoms in total. The zero-order valence-electron chi connectivity index (χ0n) is 17.3. The molecule has 0 aliphatic heterocycles. The summed E-state index contributed by atoms with van der Waals surface area (Å²) in [6.45, 7) is 6.63. The monoisotopic (exact) mass is 430 g/mol. The molecule has 1 aromatic rings. The van der Waals surface area contributed by atoms with E-state index in [0.717, 1.165) is 25.7 Å². The molecule has 1 saturated carbocycles. The van der Waals surface area contributed by atoms with E-state index in [1.807, 2.05) is 20.8 Å². The third-order valence-electron chi connectivity index (χ3n) is 4.76. The lowest BCUT2D eigenvalue weighted by molar-refractivity contribution is 0.0513. The molecule has 1 atom stereocenters. The number of benzene rings is 1. The highest BCUT2D eigenvalue weighted by molar-refractivity contribution is 6.30. The van der Waals surface area contributed by atoms with E-state index < -0.39 is 17.5 Å². The quantitative estimate of drug-likeness (QED) is 0.583. The number of halogens is 2. The Bertz CT molecular complexity index is 661. The minimum Gasteiger partial charge on any atom is -0.491 e. The number of ether oxygens (including phenoxy) is 2. The summed E-state index contributed by atoms with van der Waals surface area (Å²) in [6, 6.07) is 4.52. The molecule has 1 aliphatic carbocycles. The number of amides is 1. The SMILES string of the molecule is CC(C)(C)OC(=O)NC[C@H]1CC[C@H](NCC(O)COc2ccc(Cl)c(F)c2)CC1. The van der Waals surface area contributed by atoms with Gasteiger partial charge in [0.1, 0.15) is 29.9 Å². The first-order valence-electron chi connectivity index (χ1n) is 10.1. The molecule has 164 valence electrons. The predicted molar refractivity (Wildman–Crippen MR) is 111 cm³/mol. The zero-order valence-corrected chi connectivity index (χ0v) is 18.1. The van der Waals surface area contributed by atoms with Crippen molar-refractivity contribution in [1.29, 1.82) is 0 Å². The van der Waals surface area contributed by atoms with Crippen molar-refractivity contribution in [1.82, 2.24) is 10.6 Å². The minimum atomic E-state index is -0.694. The van der Waals surface area contributed by atoms with Crippen molar-refractivity contribution in [2.45, 2.75) is 64.2 Å². The zero-order chi connectivity index (χ0) is 21.4. The summed E-state index contributed by atoms with van der Waals surface area (Å²) in [6.07, 6.45) is 2.91. The van der Waals surface area contributed by atoms with Gasteiger partial charge in [0.25, 0.3) is 0 Å². The molecule has 2 rings (SSSR count). The second kappa shape index (κ2) is 11.0. The highest BCUT2D eigenvalue weighted by Crippen LogP contribution is 2.24. The van der Waals surface area contributed by atoms with Gasteiger partial charge in [-0.2, -0.15) is 0 Å². The van der Waals surface area contributed by atoms with Crippen LogP contribution in [0.3, 0.4) is 0 Å². The molecule has 1 aromatic carbocycles. The van der Waals surface area contributed by atoms with Crippen LogP contribution in [0.5, 0.6) is 5.75 Å². The van der Waals surface area contributed by atoms with Crippen LogP contribution < -0.4 is 15.4 Å². The van der Waals surface area contributed by atoms with E-state index in [1.54, 1.807) is 6.07 Å². The first kappa shape index (κ1) is 23.7. The first-order valence-corrected chi connectivity index (χ1v) is 10.5. The Hall–Kier alpha value is -1.57. The van der Waals surface area contributed by atoms with Crippen LogP contribution in [0.15, 0.2) is 18.2 Å². The van der Waals surface area contributed by atoms with Crippen molar-refractivity contribution in [2.24, 2.45) is 5.92 Å². The lowest BCUT2D eigenvalue weighted by Gasteiger charge is -2.30. The standard InChI is InChI=1S/C21H32ClFN2O4/c1-21(2,3)29-20(27)25-11-14-4-6-15(7-5-14)24-12-16(26)13-28-17-8-9-18(22)19(23)10-17/h8-10,14-16,24,26H,4-7,11-13H2,1-3H3,(H,25,27)/t14-,15-,16?. The summed E-state index contributed by atoms with van der Waals surface area (Å²) in [4.78, 5) is 11.7. The second-order valence-electron chi connectivity index (χ2n) is 8.55. The summed E-state index contributed by atoms with van der Waals surface area (Å²) in [5.41, 5.74) is -0.488. The van der Waals surface area contributed by atoms with Crippen LogP contribution in [-0.2, 0) is 4.74 Å². The van der Waals surface area contributed by atoms with Crippen molar-refractivity contribution in [3.05, 3.63) is 29.0 Å². The Morgan fingerprint density at radius 2 is 2.00 bits per heavy atom. The van der Waals surface area contributed by atoms with E-state index in [1.165, 1.54) is 12.1 Å². The van der Waals surface area contributed by atoms with Crippen molar-refractivity contribution in [3.63, 3.8) is 0 Å². The molecule has 1 unspecified atom stereocenters. The van der Waals surface area contributed by atoms with Gasteiger partial charge in [-0.1, -0.05) is 11.6 Å². The molecule has 0 radical (unpaired) electrons. The summed E-state index contributed by atoms with van der Waals surface area (Å²) in [5.74, 6) is 0.229. The van der Waals surface area contributed by atoms with Crippen molar-refractivity contribution in [2.75, 3.05) is 19.7 Å². The number of hydrogen-bond donors (Lipinski definition) is 3. The number of nitrogens with one attached hydrogen (secondary N) is 2. The van der Waals surface area contributed by atoms with Gasteiger partial charge in [0.15, 0.2) is 0 Å². The van der Waals surface area contributed by atoms with E-state index in [2.05, 4.69) is 10.6 Å². The molecule has 8 heteroatoms. The molecular formula is C21H32ClFN2O4. The van der Waals surface area contributed by atoms with E-state index >= 15 is 0 Å². The average molecular weight is 431 g/mol. The van der Waals surface area contributed by atoms with Crippen LogP contribution in [-0.4, -0.2) is 48.6 Å². The van der Waals surface area contributed by atoms with Crippen LogP contribution in [0, 0.1) is 11.7 Å². The molecule has 0 aromatic heterocycles. The van der Waals surface area contributed by atoms with Crippen LogP contribution in [0.4, 0.5) is 9.18 Å². The minimum absolute atomic E-state index is 0.0384. The predicted octanol–water partition coefficient (Wildman–Crippen LogP) is 3.89. The topological polar surface area (TPSA) is 79.8 Å². The van der Waals surface area contributed by atoms with Gasteiger partial charge < -0.3 is 25.2 Å². The van der Waals surface area contributed by atoms with Gasteiger partial charge in [-0.15, -0.1) is 0 Å². The van der Waals surface area contributed by atoms with E-state index in [4.69, 9.17) is 21.1 Å². The maximum absolute atomic E-state index is 13.4. The Balaban J connectivity index is 1.59. The number of rotatable bonds is 8. The molecule has 0 bridgehead atoms. The fraction of sp³-hybridized carbons (Fsp3) is 0.667. The number of hydrogen-bond acceptors (Lipinski definition) is 5. The number of aliphatic hydroxyl groups is 1. The largest absolute Gasteiger partial charge is 0.491 e. The maximum Gasteiger partial charge on any atom is 0.407 e. The van der Waals surface area contributed by atoms with Gasteiger partial charge in [-0.3, -0.25) is 0 Å². The number of carbonyl (C=O) groups is 1. The van der Waals surface area contributed by atoms with Gasteiger partial charge in [-0.25, -0.2) is 9.18 Å². The fourth-order valence-electron chi connectivity index (χ4n) is 3.23. The van der Waals surface area contributed by atoms with E-state index in [9.17, 15) is 14.3 Å². The maximum atomic E-state index is 13.4. The highest BCUT2D eigenvalue weighted by atomic mass is 35.5. The van der Waals surface area contributed by atoms with Crippen molar-refractivity contribution in [3.8, 4) is 5.75 Å². The van der Waals surface area contributed by atoms with Crippen LogP contribution in [0.1, 0.15) is 46.5 Å². The van der Waals surface area contributed by atoms with E-state index in [-0.39, 0.29) is 17.7 Å². The highest BCUT2D eigenvalue weighted by Gasteiger charge is 2.23. The molecule has 0 heterocycles. The third-order valence-corrected chi connectivity index (χ3v) is 5.06. The van der Waals surface area contributed by atoms with Crippen molar-refractivity contribution < 1.29 is 23.8 Å². The molecule has 1 amide bonds. The molecule has 3 N–H and O–H groups in total. The Morgan fingerprint density at radius 1 is 1.31 bits per heavy atom. The Labute approximate surface area is 177 Å². The molecule has 29 heavy (non-hydrogen) atoms.